The van der Waals surface area contributed by atoms with Crippen LogP contribution in [0.3, 0.4) is 0 Å². The van der Waals surface area contributed by atoms with Crippen LogP contribution in [0, 0.1) is 5.92 Å². The molecule has 0 radical (unpaired) electrons. The molecular weight excluding hydrogens is 537 g/mol. The summed E-state index contributed by atoms with van der Waals surface area (Å²) in [7, 11) is -5.85. The van der Waals surface area contributed by atoms with Crippen molar-refractivity contribution in [3.05, 3.63) is 0 Å². The third-order valence-corrected chi connectivity index (χ3v) is 5.14. The first-order valence-corrected chi connectivity index (χ1v) is 9.99. The molecule has 0 saturated carbocycles. The molecule has 0 amide bonds. The second-order valence-electron chi connectivity index (χ2n) is 6.38. The molecule has 1 N–H and O–H groups in total. The van der Waals surface area contributed by atoms with Crippen LogP contribution in [0.1, 0.15) is 6.42 Å². The standard InChI is InChI=1S/C15H16F10O7S.Na.H/c16-5(8(18)10(20)13(22)23)1-7(27)12(33(29,30)31)4(2-26)15(28)32-3-6(17)9(19)11(21)14(24)25;;/h2,4-6,8-14H,1,3H2,(H,29,30,31);;. The van der Waals surface area contributed by atoms with Gasteiger partial charge in [0.2, 0.25) is 0 Å². The van der Waals surface area contributed by atoms with E-state index in [9.17, 15) is 66.7 Å². The number of rotatable bonds is 15. The minimum atomic E-state index is -5.85. The molecule has 0 saturated heterocycles. The first-order valence-electron chi connectivity index (χ1n) is 8.48. The molecule has 0 spiro atoms. The number of aldehydes is 1. The Balaban J connectivity index is 0. The monoisotopic (exact) mass is 554 g/mol. The van der Waals surface area contributed by atoms with Crippen molar-refractivity contribution in [2.75, 3.05) is 6.61 Å². The fourth-order valence-electron chi connectivity index (χ4n) is 2.25. The van der Waals surface area contributed by atoms with Gasteiger partial charge in [-0.15, -0.1) is 0 Å². The van der Waals surface area contributed by atoms with Gasteiger partial charge >= 0.3 is 35.5 Å². The number of ketones is 1. The molecule has 0 heterocycles. The summed E-state index contributed by atoms with van der Waals surface area (Å²) in [4.78, 5) is 34.7. The predicted molar refractivity (Wildman–Crippen MR) is 94.0 cm³/mol. The predicted octanol–water partition coefficient (Wildman–Crippen LogP) is 1.47. The molecule has 0 rings (SSSR count). The summed E-state index contributed by atoms with van der Waals surface area (Å²) in [6.45, 7) is -1.89. The molecule has 0 aromatic carbocycles. The molecule has 34 heavy (non-hydrogen) atoms. The molecular formula is C15H17F10NaO7S. The van der Waals surface area contributed by atoms with Crippen LogP contribution in [0.15, 0.2) is 0 Å². The molecule has 196 valence electrons. The molecule has 7 nitrogen and oxygen atoms in total. The second-order valence-corrected chi connectivity index (χ2v) is 7.91. The Morgan fingerprint density at radius 2 is 1.21 bits per heavy atom. The first kappa shape index (κ1) is 35.2. The second kappa shape index (κ2) is 15.2. The van der Waals surface area contributed by atoms with Gasteiger partial charge < -0.3 is 9.53 Å². The van der Waals surface area contributed by atoms with Crippen molar-refractivity contribution in [1.82, 2.24) is 0 Å². The van der Waals surface area contributed by atoms with Crippen LogP contribution >= 0.6 is 0 Å². The van der Waals surface area contributed by atoms with Crippen molar-refractivity contribution in [1.29, 1.82) is 0 Å². The van der Waals surface area contributed by atoms with Gasteiger partial charge in [-0.2, -0.15) is 8.42 Å². The van der Waals surface area contributed by atoms with Gasteiger partial charge in [-0.3, -0.25) is 14.1 Å². The van der Waals surface area contributed by atoms with Crippen molar-refractivity contribution in [2.45, 2.75) is 61.6 Å². The van der Waals surface area contributed by atoms with E-state index in [0.29, 0.717) is 0 Å². The molecule has 8 atom stereocenters. The quantitative estimate of drug-likeness (QED) is 0.0815. The van der Waals surface area contributed by atoms with Crippen molar-refractivity contribution in [3.63, 3.8) is 0 Å². The van der Waals surface area contributed by atoms with E-state index in [1.165, 1.54) is 0 Å². The Labute approximate surface area is 207 Å². The Kier molecular flexibility index (Phi) is 15.7. The zero-order valence-corrected chi connectivity index (χ0v) is 16.7. The summed E-state index contributed by atoms with van der Waals surface area (Å²) in [5, 5.41) is -3.29. The number of Topliss-reactive ketones (excluding diaryl/α,β-unsaturated/α-hetero) is 1. The molecule has 19 heteroatoms. The zero-order valence-electron chi connectivity index (χ0n) is 15.8. The minimum absolute atomic E-state index is 0. The van der Waals surface area contributed by atoms with Gasteiger partial charge in [0.1, 0.15) is 25.0 Å². The van der Waals surface area contributed by atoms with Gasteiger partial charge in [0, 0.05) is 6.42 Å². The van der Waals surface area contributed by atoms with E-state index in [0.717, 1.165) is 0 Å². The SMILES string of the molecule is O=CC(C(=O)OCC(F)C(F)C(F)C(F)F)C(C(=O)CC(F)C(F)C(F)C(F)F)S(=O)(=O)O.[NaH]. The zero-order chi connectivity index (χ0) is 26.3. The normalized spacial score (nSPS) is 19.2. The van der Waals surface area contributed by atoms with Crippen LogP contribution in [0.4, 0.5) is 43.9 Å². The molecule has 8 unspecified atom stereocenters. The van der Waals surface area contributed by atoms with Gasteiger partial charge in [0.25, 0.3) is 23.0 Å². The molecule has 0 aliphatic carbocycles. The van der Waals surface area contributed by atoms with Gasteiger partial charge in [-0.1, -0.05) is 0 Å². The van der Waals surface area contributed by atoms with E-state index in [4.69, 9.17) is 4.55 Å². The third-order valence-electron chi connectivity index (χ3n) is 3.95. The number of esters is 1. The maximum atomic E-state index is 13.6. The van der Waals surface area contributed by atoms with Crippen LogP contribution in [-0.4, -0.2) is 122 Å². The topological polar surface area (TPSA) is 115 Å². The molecule has 0 bridgehead atoms. The third kappa shape index (κ3) is 10.3. The Bertz CT molecular complexity index is 775. The fraction of sp³-hybridized carbons (Fsp3) is 0.800. The van der Waals surface area contributed by atoms with Crippen LogP contribution < -0.4 is 0 Å². The van der Waals surface area contributed by atoms with Gasteiger partial charge in [-0.25, -0.2) is 43.9 Å². The van der Waals surface area contributed by atoms with Crippen LogP contribution in [0.25, 0.3) is 0 Å². The molecule has 0 fully saturated rings. The molecule has 0 aliphatic heterocycles. The number of carbonyl (C=O) groups is 3. The van der Waals surface area contributed by atoms with Crippen molar-refractivity contribution in [3.8, 4) is 0 Å². The van der Waals surface area contributed by atoms with E-state index in [1.807, 2.05) is 0 Å². The number of hydrogen-bond donors (Lipinski definition) is 1. The van der Waals surface area contributed by atoms with Gasteiger partial charge in [0.05, 0.1) is 0 Å². The van der Waals surface area contributed by atoms with Crippen LogP contribution in [0.2, 0.25) is 0 Å². The van der Waals surface area contributed by atoms with Crippen molar-refractivity contribution < 1.29 is 76.0 Å². The summed E-state index contributed by atoms with van der Waals surface area (Å²) in [6, 6.07) is 0. The fourth-order valence-corrected chi connectivity index (χ4v) is 3.22. The number of carbonyl (C=O) groups excluding carboxylic acids is 3. The molecule has 0 aromatic rings. The summed E-state index contributed by atoms with van der Waals surface area (Å²) >= 11 is 0. The van der Waals surface area contributed by atoms with Gasteiger partial charge in [-0.05, 0) is 0 Å². The number of ether oxygens (including phenoxy) is 1. The van der Waals surface area contributed by atoms with E-state index < -0.39 is 102 Å². The Morgan fingerprint density at radius 3 is 1.56 bits per heavy atom. The summed E-state index contributed by atoms with van der Waals surface area (Å²) < 4.78 is 163. The number of halogens is 10. The van der Waals surface area contributed by atoms with E-state index in [2.05, 4.69) is 4.74 Å². The van der Waals surface area contributed by atoms with Crippen molar-refractivity contribution in [2.24, 2.45) is 5.92 Å². The van der Waals surface area contributed by atoms with E-state index in [-0.39, 0.29) is 29.6 Å². The van der Waals surface area contributed by atoms with Gasteiger partial charge in [0.15, 0.2) is 41.9 Å². The van der Waals surface area contributed by atoms with Crippen LogP contribution in [0.5, 0.6) is 0 Å². The summed E-state index contributed by atoms with van der Waals surface area (Å²) in [6.07, 6.45) is -32.2. The summed E-state index contributed by atoms with van der Waals surface area (Å²) in [5.74, 6) is -7.40. The molecule has 0 aromatic heterocycles. The van der Waals surface area contributed by atoms with E-state index >= 15 is 0 Å². The summed E-state index contributed by atoms with van der Waals surface area (Å²) in [5.41, 5.74) is 0. The Morgan fingerprint density at radius 1 is 0.794 bits per heavy atom. The van der Waals surface area contributed by atoms with Crippen molar-refractivity contribution >= 4 is 57.7 Å². The maximum absolute atomic E-state index is 13.6. The number of hydrogen-bond acceptors (Lipinski definition) is 6. The Hall–Kier alpha value is -0.980. The van der Waals surface area contributed by atoms with E-state index in [1.54, 1.807) is 0 Å². The number of alkyl halides is 10. The average Bonchev–Trinajstić information content (AvgIpc) is 2.71. The van der Waals surface area contributed by atoms with Crippen LogP contribution in [-0.2, 0) is 29.2 Å². The molecule has 0 aliphatic rings. The average molecular weight is 554 g/mol. The first-order chi connectivity index (χ1) is 15.0.